The topological polar surface area (TPSA) is 66.8 Å². The third-order valence-electron chi connectivity index (χ3n) is 2.37. The molecule has 0 aliphatic carbocycles. The van der Waals surface area contributed by atoms with Crippen LogP contribution in [0.3, 0.4) is 0 Å². The minimum absolute atomic E-state index is 0.0672. The molecule has 0 saturated heterocycles. The first-order valence-electron chi connectivity index (χ1n) is 5.16. The summed E-state index contributed by atoms with van der Waals surface area (Å²) in [4.78, 5) is 12.5. The molecule has 0 aliphatic rings. The Morgan fingerprint density at radius 2 is 2.06 bits per heavy atom. The van der Waals surface area contributed by atoms with E-state index in [1.807, 2.05) is 26.1 Å². The second-order valence-corrected chi connectivity index (χ2v) is 3.81. The monoisotopic (exact) mass is 235 g/mol. The summed E-state index contributed by atoms with van der Waals surface area (Å²) >= 11 is 0. The van der Waals surface area contributed by atoms with E-state index in [2.05, 4.69) is 0 Å². The molecular formula is C12H13NO4. The van der Waals surface area contributed by atoms with E-state index >= 15 is 0 Å². The summed E-state index contributed by atoms with van der Waals surface area (Å²) in [6.45, 7) is 2.40. The van der Waals surface area contributed by atoms with Crippen molar-refractivity contribution in [2.45, 2.75) is 13.5 Å². The lowest BCUT2D eigenvalue weighted by Gasteiger charge is -2.13. The molecule has 0 fully saturated rings. The Bertz CT molecular complexity index is 526. The third kappa shape index (κ3) is 2.50. The Morgan fingerprint density at radius 1 is 1.29 bits per heavy atom. The molecule has 2 aromatic rings. The predicted molar refractivity (Wildman–Crippen MR) is 61.2 cm³/mol. The molecule has 2 heterocycles. The summed E-state index contributed by atoms with van der Waals surface area (Å²) in [7, 11) is 1.81. The maximum atomic E-state index is 10.7. The molecule has 0 atom stereocenters. The molecule has 90 valence electrons. The number of rotatable bonds is 4. The van der Waals surface area contributed by atoms with Crippen molar-refractivity contribution in [2.24, 2.45) is 0 Å². The molecular weight excluding hydrogens is 222 g/mol. The molecule has 0 aliphatic heterocycles. The number of anilines is 1. The Labute approximate surface area is 98.3 Å². The fourth-order valence-electron chi connectivity index (χ4n) is 1.53. The fourth-order valence-corrected chi connectivity index (χ4v) is 1.53. The zero-order valence-corrected chi connectivity index (χ0v) is 9.64. The quantitative estimate of drug-likeness (QED) is 0.881. The summed E-state index contributed by atoms with van der Waals surface area (Å²) in [5, 5.41) is 8.74. The van der Waals surface area contributed by atoms with Crippen LogP contribution in [0, 0.1) is 6.92 Å². The van der Waals surface area contributed by atoms with Gasteiger partial charge in [-0.1, -0.05) is 0 Å². The van der Waals surface area contributed by atoms with Gasteiger partial charge in [0.05, 0.1) is 6.54 Å². The van der Waals surface area contributed by atoms with Gasteiger partial charge in [0.2, 0.25) is 5.76 Å². The summed E-state index contributed by atoms with van der Waals surface area (Å²) in [5.41, 5.74) is 0. The average Bonchev–Trinajstić information content (AvgIpc) is 2.86. The van der Waals surface area contributed by atoms with Crippen LogP contribution in [0.15, 0.2) is 33.1 Å². The molecule has 2 aromatic heterocycles. The minimum atomic E-state index is -1.07. The van der Waals surface area contributed by atoms with Gasteiger partial charge >= 0.3 is 5.97 Å². The smallest absolute Gasteiger partial charge is 0.371 e. The number of carbonyl (C=O) groups is 1. The van der Waals surface area contributed by atoms with Gasteiger partial charge in [0, 0.05) is 13.1 Å². The highest BCUT2D eigenvalue weighted by atomic mass is 16.4. The molecule has 5 nitrogen and oxygen atoms in total. The van der Waals surface area contributed by atoms with Crippen LogP contribution in [0.25, 0.3) is 0 Å². The largest absolute Gasteiger partial charge is 0.475 e. The Kier molecular flexibility index (Phi) is 2.91. The summed E-state index contributed by atoms with van der Waals surface area (Å²) < 4.78 is 10.6. The molecule has 0 aromatic carbocycles. The predicted octanol–water partition coefficient (Wildman–Crippen LogP) is 2.52. The zero-order chi connectivity index (χ0) is 12.4. The van der Waals surface area contributed by atoms with Gasteiger partial charge in [0.15, 0.2) is 5.88 Å². The van der Waals surface area contributed by atoms with E-state index in [0.29, 0.717) is 12.4 Å². The third-order valence-corrected chi connectivity index (χ3v) is 2.37. The van der Waals surface area contributed by atoms with Crippen LogP contribution >= 0.6 is 0 Å². The highest BCUT2D eigenvalue weighted by Crippen LogP contribution is 2.19. The number of aromatic carboxylic acids is 1. The number of carboxylic acid groups (broad SMARTS) is 1. The highest BCUT2D eigenvalue weighted by molar-refractivity contribution is 5.84. The summed E-state index contributed by atoms with van der Waals surface area (Å²) in [6.07, 6.45) is 0. The van der Waals surface area contributed by atoms with Gasteiger partial charge in [0.1, 0.15) is 11.5 Å². The van der Waals surface area contributed by atoms with Gasteiger partial charge in [-0.2, -0.15) is 0 Å². The Hall–Kier alpha value is -2.17. The second-order valence-electron chi connectivity index (χ2n) is 3.81. The first-order valence-corrected chi connectivity index (χ1v) is 5.16. The Balaban J connectivity index is 2.08. The lowest BCUT2D eigenvalue weighted by Crippen LogP contribution is -2.15. The molecule has 0 amide bonds. The number of carboxylic acids is 1. The number of hydrogen-bond donors (Lipinski definition) is 1. The van der Waals surface area contributed by atoms with Gasteiger partial charge in [-0.15, -0.1) is 0 Å². The second kappa shape index (κ2) is 4.37. The molecule has 0 bridgehead atoms. The van der Waals surface area contributed by atoms with Crippen molar-refractivity contribution in [3.8, 4) is 0 Å². The Morgan fingerprint density at radius 3 is 2.59 bits per heavy atom. The van der Waals surface area contributed by atoms with E-state index in [1.165, 1.54) is 6.07 Å². The van der Waals surface area contributed by atoms with Gasteiger partial charge in [0.25, 0.3) is 0 Å². The van der Waals surface area contributed by atoms with Crippen molar-refractivity contribution >= 4 is 11.9 Å². The first-order chi connectivity index (χ1) is 8.06. The minimum Gasteiger partial charge on any atom is -0.475 e. The number of aryl methyl sites for hydroxylation is 1. The fraction of sp³-hybridized carbons (Fsp3) is 0.250. The van der Waals surface area contributed by atoms with E-state index in [9.17, 15) is 4.79 Å². The maximum absolute atomic E-state index is 10.7. The van der Waals surface area contributed by atoms with Crippen LogP contribution < -0.4 is 4.90 Å². The van der Waals surface area contributed by atoms with E-state index in [4.69, 9.17) is 13.9 Å². The van der Waals surface area contributed by atoms with Crippen LogP contribution in [-0.4, -0.2) is 18.1 Å². The summed E-state index contributed by atoms with van der Waals surface area (Å²) in [5.74, 6) is 1.01. The van der Waals surface area contributed by atoms with Crippen molar-refractivity contribution < 1.29 is 18.7 Å². The van der Waals surface area contributed by atoms with Crippen LogP contribution in [0.4, 0.5) is 5.88 Å². The van der Waals surface area contributed by atoms with Crippen molar-refractivity contribution in [2.75, 3.05) is 11.9 Å². The number of nitrogens with zero attached hydrogens (tertiary/aromatic N) is 1. The van der Waals surface area contributed by atoms with Crippen molar-refractivity contribution in [3.05, 3.63) is 41.5 Å². The molecule has 0 radical (unpaired) electrons. The number of furan rings is 2. The van der Waals surface area contributed by atoms with Crippen LogP contribution in [-0.2, 0) is 6.54 Å². The summed E-state index contributed by atoms with van der Waals surface area (Å²) in [6, 6.07) is 6.82. The van der Waals surface area contributed by atoms with Crippen molar-refractivity contribution in [1.29, 1.82) is 0 Å². The highest BCUT2D eigenvalue weighted by Gasteiger charge is 2.12. The molecule has 2 rings (SSSR count). The van der Waals surface area contributed by atoms with Gasteiger partial charge in [-0.25, -0.2) is 4.79 Å². The van der Waals surface area contributed by atoms with Crippen LogP contribution in [0.1, 0.15) is 22.1 Å². The first kappa shape index (κ1) is 11.3. The van der Waals surface area contributed by atoms with E-state index in [-0.39, 0.29) is 5.76 Å². The van der Waals surface area contributed by atoms with Crippen molar-refractivity contribution in [1.82, 2.24) is 0 Å². The van der Waals surface area contributed by atoms with Gasteiger partial charge in [-0.05, 0) is 25.1 Å². The molecule has 5 heteroatoms. The SMILES string of the molecule is Cc1ccc(CN(C)c2ccc(C(=O)O)o2)o1. The lowest BCUT2D eigenvalue weighted by molar-refractivity contribution is 0.0663. The van der Waals surface area contributed by atoms with Crippen molar-refractivity contribution in [3.63, 3.8) is 0 Å². The van der Waals surface area contributed by atoms with Crippen LogP contribution in [0.5, 0.6) is 0 Å². The normalized spacial score (nSPS) is 10.5. The molecule has 0 unspecified atom stereocenters. The van der Waals surface area contributed by atoms with E-state index < -0.39 is 5.97 Å². The molecule has 17 heavy (non-hydrogen) atoms. The lowest BCUT2D eigenvalue weighted by atomic mass is 10.4. The van der Waals surface area contributed by atoms with Crippen LogP contribution in [0.2, 0.25) is 0 Å². The van der Waals surface area contributed by atoms with E-state index in [0.717, 1.165) is 11.5 Å². The zero-order valence-electron chi connectivity index (χ0n) is 9.64. The molecule has 0 spiro atoms. The standard InChI is InChI=1S/C12H13NO4/c1-8-3-4-9(16-8)7-13(2)11-6-5-10(17-11)12(14)15/h3-6H,7H2,1-2H3,(H,14,15). The maximum Gasteiger partial charge on any atom is 0.371 e. The molecule has 0 saturated carbocycles. The van der Waals surface area contributed by atoms with Gasteiger partial charge in [-0.3, -0.25) is 0 Å². The average molecular weight is 235 g/mol. The number of hydrogen-bond acceptors (Lipinski definition) is 4. The van der Waals surface area contributed by atoms with Gasteiger partial charge < -0.3 is 18.8 Å². The molecule has 1 N–H and O–H groups in total. The van der Waals surface area contributed by atoms with E-state index in [1.54, 1.807) is 11.0 Å².